The van der Waals surface area contributed by atoms with Crippen LogP contribution in [0.25, 0.3) is 0 Å². The number of aromatic hydroxyl groups is 1. The first-order chi connectivity index (χ1) is 8.46. The number of nitrogens with two attached hydrogens (primary N) is 1. The molecule has 0 heterocycles. The molecule has 1 amide bonds. The van der Waals surface area contributed by atoms with E-state index in [0.29, 0.717) is 0 Å². The van der Waals surface area contributed by atoms with Crippen LogP contribution in [0.4, 0.5) is 0 Å². The molecule has 0 spiro atoms. The number of benzene rings is 1. The van der Waals surface area contributed by atoms with Gasteiger partial charge in [-0.15, -0.1) is 0 Å². The summed E-state index contributed by atoms with van der Waals surface area (Å²) in [7, 11) is 1.74. The number of amides is 1. The van der Waals surface area contributed by atoms with Crippen molar-refractivity contribution in [3.8, 4) is 5.75 Å². The average molecular weight is 248 g/mol. The molecule has 98 valence electrons. The fourth-order valence-corrected chi connectivity index (χ4v) is 2.35. The maximum Gasteiger partial charge on any atom is 0.242 e. The molecule has 1 aromatic carbocycles. The van der Waals surface area contributed by atoms with Gasteiger partial charge >= 0.3 is 0 Å². The molecule has 0 saturated heterocycles. The number of carbonyl (C=O) groups excluding carboxylic acids is 1. The summed E-state index contributed by atoms with van der Waals surface area (Å²) in [5, 5.41) is 9.82. The van der Waals surface area contributed by atoms with E-state index in [1.807, 2.05) is 19.1 Å². The van der Waals surface area contributed by atoms with Gasteiger partial charge in [-0.1, -0.05) is 18.2 Å². The van der Waals surface area contributed by atoms with Crippen LogP contribution in [0.15, 0.2) is 24.3 Å². The third-order valence-electron chi connectivity index (χ3n) is 3.96. The van der Waals surface area contributed by atoms with E-state index in [-0.39, 0.29) is 17.7 Å². The zero-order chi connectivity index (χ0) is 13.3. The standard InChI is InChI=1S/C14H20N2O2/c1-10(11-6-3-4-7-12(11)17)16(2)13(18)14(15)8-5-9-14/h3-4,6-7,10,17H,5,8-9,15H2,1-2H3. The van der Waals surface area contributed by atoms with Gasteiger partial charge in [0.05, 0.1) is 11.6 Å². The molecular formula is C14H20N2O2. The summed E-state index contributed by atoms with van der Waals surface area (Å²) in [6.07, 6.45) is 2.52. The highest BCUT2D eigenvalue weighted by atomic mass is 16.3. The number of likely N-dealkylation sites (N-methyl/N-ethyl adjacent to an activating group) is 1. The zero-order valence-electron chi connectivity index (χ0n) is 10.9. The third-order valence-corrected chi connectivity index (χ3v) is 3.96. The maximum atomic E-state index is 12.3. The van der Waals surface area contributed by atoms with E-state index in [1.54, 1.807) is 24.1 Å². The summed E-state index contributed by atoms with van der Waals surface area (Å²) in [5.74, 6) is 0.175. The molecule has 1 aromatic rings. The normalized spacial score (nSPS) is 18.8. The zero-order valence-corrected chi connectivity index (χ0v) is 10.9. The molecule has 1 saturated carbocycles. The van der Waals surface area contributed by atoms with Crippen molar-refractivity contribution in [3.63, 3.8) is 0 Å². The smallest absolute Gasteiger partial charge is 0.242 e. The quantitative estimate of drug-likeness (QED) is 0.857. The highest BCUT2D eigenvalue weighted by molar-refractivity contribution is 5.87. The van der Waals surface area contributed by atoms with Crippen LogP contribution in [-0.2, 0) is 4.79 Å². The van der Waals surface area contributed by atoms with Crippen LogP contribution < -0.4 is 5.73 Å². The van der Waals surface area contributed by atoms with Crippen LogP contribution in [0, 0.1) is 0 Å². The van der Waals surface area contributed by atoms with E-state index in [9.17, 15) is 9.90 Å². The molecule has 1 fully saturated rings. The molecule has 3 N–H and O–H groups in total. The largest absolute Gasteiger partial charge is 0.508 e. The minimum atomic E-state index is -0.687. The van der Waals surface area contributed by atoms with Gasteiger partial charge in [-0.3, -0.25) is 4.79 Å². The number of hydrogen-bond acceptors (Lipinski definition) is 3. The lowest BCUT2D eigenvalue weighted by molar-refractivity contribution is -0.140. The predicted octanol–water partition coefficient (Wildman–Crippen LogP) is 1.79. The SMILES string of the molecule is CC(c1ccccc1O)N(C)C(=O)C1(N)CCC1. The van der Waals surface area contributed by atoms with Crippen molar-refractivity contribution in [2.45, 2.75) is 37.8 Å². The molecule has 1 atom stereocenters. The van der Waals surface area contributed by atoms with Gasteiger partial charge in [0.2, 0.25) is 5.91 Å². The number of carbonyl (C=O) groups is 1. The molecule has 1 aliphatic rings. The lowest BCUT2D eigenvalue weighted by Crippen LogP contribution is -2.59. The molecule has 18 heavy (non-hydrogen) atoms. The Morgan fingerprint density at radius 2 is 2.06 bits per heavy atom. The second-order valence-corrected chi connectivity index (χ2v) is 5.16. The van der Waals surface area contributed by atoms with E-state index in [2.05, 4.69) is 0 Å². The molecule has 2 rings (SSSR count). The lowest BCUT2D eigenvalue weighted by Gasteiger charge is -2.41. The van der Waals surface area contributed by atoms with Crippen molar-refractivity contribution in [3.05, 3.63) is 29.8 Å². The second-order valence-electron chi connectivity index (χ2n) is 5.16. The monoisotopic (exact) mass is 248 g/mol. The first kappa shape index (κ1) is 12.9. The number of phenolic OH excluding ortho intramolecular Hbond substituents is 1. The topological polar surface area (TPSA) is 66.6 Å². The summed E-state index contributed by atoms with van der Waals surface area (Å²) < 4.78 is 0. The second kappa shape index (κ2) is 4.61. The fraction of sp³-hybridized carbons (Fsp3) is 0.500. The molecular weight excluding hydrogens is 228 g/mol. The van der Waals surface area contributed by atoms with Gasteiger partial charge in [0.1, 0.15) is 5.75 Å². The van der Waals surface area contributed by atoms with Gasteiger partial charge in [0.25, 0.3) is 0 Å². The molecule has 0 bridgehead atoms. The number of nitrogens with zero attached hydrogens (tertiary/aromatic N) is 1. The van der Waals surface area contributed by atoms with Crippen LogP contribution in [0.2, 0.25) is 0 Å². The molecule has 4 heteroatoms. The van der Waals surface area contributed by atoms with Crippen molar-refractivity contribution in [2.24, 2.45) is 5.73 Å². The molecule has 1 aliphatic carbocycles. The lowest BCUT2D eigenvalue weighted by atomic mass is 9.76. The maximum absolute atomic E-state index is 12.3. The minimum absolute atomic E-state index is 0.0375. The number of phenols is 1. The molecule has 4 nitrogen and oxygen atoms in total. The predicted molar refractivity (Wildman–Crippen MR) is 70.1 cm³/mol. The third kappa shape index (κ3) is 2.08. The number of rotatable bonds is 3. The van der Waals surface area contributed by atoms with E-state index < -0.39 is 5.54 Å². The van der Waals surface area contributed by atoms with Gasteiger partial charge in [-0.2, -0.15) is 0 Å². The Morgan fingerprint density at radius 1 is 1.44 bits per heavy atom. The molecule has 0 aliphatic heterocycles. The fourth-order valence-electron chi connectivity index (χ4n) is 2.35. The van der Waals surface area contributed by atoms with Gasteiger partial charge < -0.3 is 15.7 Å². The first-order valence-electron chi connectivity index (χ1n) is 6.30. The highest BCUT2D eigenvalue weighted by Gasteiger charge is 2.42. The Balaban J connectivity index is 2.16. The Labute approximate surface area is 107 Å². The van der Waals surface area contributed by atoms with Crippen LogP contribution in [0.5, 0.6) is 5.75 Å². The van der Waals surface area contributed by atoms with Crippen LogP contribution in [0.1, 0.15) is 37.8 Å². The van der Waals surface area contributed by atoms with Gasteiger partial charge in [0.15, 0.2) is 0 Å². The Hall–Kier alpha value is -1.55. The van der Waals surface area contributed by atoms with E-state index >= 15 is 0 Å². The number of para-hydroxylation sites is 1. The first-order valence-corrected chi connectivity index (χ1v) is 6.30. The van der Waals surface area contributed by atoms with Crippen molar-refractivity contribution < 1.29 is 9.90 Å². The van der Waals surface area contributed by atoms with Gasteiger partial charge in [-0.25, -0.2) is 0 Å². The Kier molecular flexibility index (Phi) is 3.30. The summed E-state index contributed by atoms with van der Waals surface area (Å²) in [4.78, 5) is 13.9. The minimum Gasteiger partial charge on any atom is -0.508 e. The van der Waals surface area contributed by atoms with E-state index in [1.165, 1.54) is 0 Å². The van der Waals surface area contributed by atoms with E-state index in [0.717, 1.165) is 24.8 Å². The van der Waals surface area contributed by atoms with E-state index in [4.69, 9.17) is 5.73 Å². The van der Waals surface area contributed by atoms with Crippen molar-refractivity contribution >= 4 is 5.91 Å². The van der Waals surface area contributed by atoms with Crippen LogP contribution in [0.3, 0.4) is 0 Å². The molecule has 0 radical (unpaired) electrons. The Morgan fingerprint density at radius 3 is 2.56 bits per heavy atom. The van der Waals surface area contributed by atoms with Crippen molar-refractivity contribution in [1.82, 2.24) is 4.90 Å². The Bertz CT molecular complexity index is 455. The van der Waals surface area contributed by atoms with Crippen LogP contribution >= 0.6 is 0 Å². The van der Waals surface area contributed by atoms with Crippen molar-refractivity contribution in [1.29, 1.82) is 0 Å². The molecule has 1 unspecified atom stereocenters. The summed E-state index contributed by atoms with van der Waals surface area (Å²) in [6, 6.07) is 6.90. The molecule has 0 aromatic heterocycles. The summed E-state index contributed by atoms with van der Waals surface area (Å²) in [5.41, 5.74) is 6.11. The van der Waals surface area contributed by atoms with Crippen LogP contribution in [-0.4, -0.2) is 28.5 Å². The summed E-state index contributed by atoms with van der Waals surface area (Å²) >= 11 is 0. The summed E-state index contributed by atoms with van der Waals surface area (Å²) in [6.45, 7) is 1.90. The average Bonchev–Trinajstić information content (AvgIpc) is 2.34. The van der Waals surface area contributed by atoms with Gasteiger partial charge in [0, 0.05) is 12.6 Å². The number of hydrogen-bond donors (Lipinski definition) is 2. The van der Waals surface area contributed by atoms with Crippen molar-refractivity contribution in [2.75, 3.05) is 7.05 Å². The highest BCUT2D eigenvalue weighted by Crippen LogP contribution is 2.34. The van der Waals surface area contributed by atoms with Gasteiger partial charge in [-0.05, 0) is 32.3 Å².